The van der Waals surface area contributed by atoms with Crippen LogP contribution < -0.4 is 15.0 Å². The van der Waals surface area contributed by atoms with E-state index >= 15 is 0 Å². The van der Waals surface area contributed by atoms with Gasteiger partial charge in [-0.2, -0.15) is 15.0 Å². The van der Waals surface area contributed by atoms with E-state index in [2.05, 4.69) is 20.3 Å². The van der Waals surface area contributed by atoms with Crippen LogP contribution in [0, 0.1) is 0 Å². The molecule has 0 amide bonds. The highest BCUT2D eigenvalue weighted by Crippen LogP contribution is 2.25. The van der Waals surface area contributed by atoms with Crippen LogP contribution in [-0.4, -0.2) is 47.2 Å². The molecule has 2 aromatic rings. The number of hydrogen-bond donors (Lipinski definition) is 1. The average Bonchev–Trinajstić information content (AvgIpc) is 2.63. The summed E-state index contributed by atoms with van der Waals surface area (Å²) in [5, 5.41) is 3.07. The summed E-state index contributed by atoms with van der Waals surface area (Å²) in [4.78, 5) is 27.2. The van der Waals surface area contributed by atoms with Gasteiger partial charge in [-0.05, 0) is 39.8 Å². The van der Waals surface area contributed by atoms with Crippen molar-refractivity contribution in [2.45, 2.75) is 27.7 Å². The highest BCUT2D eigenvalue weighted by Gasteiger charge is 2.17. The highest BCUT2D eigenvalue weighted by molar-refractivity contribution is 5.92. The lowest BCUT2D eigenvalue weighted by atomic mass is 10.2. The molecule has 0 aliphatic carbocycles. The maximum absolute atomic E-state index is 12.1. The molecule has 0 aliphatic heterocycles. The van der Waals surface area contributed by atoms with Gasteiger partial charge in [-0.1, -0.05) is 12.1 Å². The van der Waals surface area contributed by atoms with Crippen molar-refractivity contribution in [3.63, 3.8) is 0 Å². The molecule has 0 radical (unpaired) electrons. The number of benzene rings is 1. The Morgan fingerprint density at radius 1 is 1.08 bits per heavy atom. The van der Waals surface area contributed by atoms with Gasteiger partial charge in [-0.15, -0.1) is 0 Å². The van der Waals surface area contributed by atoms with Crippen LogP contribution in [0.15, 0.2) is 24.3 Å². The van der Waals surface area contributed by atoms with E-state index in [-0.39, 0.29) is 12.6 Å². The van der Waals surface area contributed by atoms with Crippen molar-refractivity contribution in [3.8, 4) is 11.8 Å². The molecule has 0 spiro atoms. The fourth-order valence-electron chi connectivity index (χ4n) is 2.31. The third kappa shape index (κ3) is 4.81. The first-order valence-electron chi connectivity index (χ1n) is 8.81. The van der Waals surface area contributed by atoms with Crippen molar-refractivity contribution in [2.24, 2.45) is 0 Å². The zero-order chi connectivity index (χ0) is 18.9. The fourth-order valence-corrected chi connectivity index (χ4v) is 2.31. The van der Waals surface area contributed by atoms with Crippen LogP contribution >= 0.6 is 0 Å². The van der Waals surface area contributed by atoms with Gasteiger partial charge in [0.05, 0.1) is 6.61 Å². The first-order valence-corrected chi connectivity index (χ1v) is 8.81. The molecule has 0 atom stereocenters. The minimum absolute atomic E-state index is 0.120. The van der Waals surface area contributed by atoms with E-state index in [4.69, 9.17) is 9.47 Å². The summed E-state index contributed by atoms with van der Waals surface area (Å²) in [7, 11) is 0. The zero-order valence-electron chi connectivity index (χ0n) is 15.7. The smallest absolute Gasteiger partial charge is 0.341 e. The van der Waals surface area contributed by atoms with Crippen LogP contribution in [0.3, 0.4) is 0 Å². The molecule has 0 saturated heterocycles. The summed E-state index contributed by atoms with van der Waals surface area (Å²) in [6, 6.07) is 6.97. The number of anilines is 2. The maximum atomic E-state index is 12.1. The number of rotatable bonds is 9. The zero-order valence-corrected chi connectivity index (χ0v) is 15.7. The monoisotopic (exact) mass is 359 g/mol. The molecule has 0 bridgehead atoms. The van der Waals surface area contributed by atoms with Gasteiger partial charge < -0.3 is 19.7 Å². The van der Waals surface area contributed by atoms with E-state index in [1.165, 1.54) is 0 Å². The third-order valence-electron chi connectivity index (χ3n) is 3.57. The van der Waals surface area contributed by atoms with Crippen molar-refractivity contribution in [1.29, 1.82) is 0 Å². The van der Waals surface area contributed by atoms with Crippen LogP contribution in [-0.2, 0) is 4.74 Å². The summed E-state index contributed by atoms with van der Waals surface area (Å²) in [5.41, 5.74) is 0.323. The Kier molecular flexibility index (Phi) is 7.13. The Labute approximate surface area is 153 Å². The number of ether oxygens (including phenoxy) is 2. The number of carbonyl (C=O) groups is 1. The van der Waals surface area contributed by atoms with Gasteiger partial charge in [0.25, 0.3) is 0 Å². The molecule has 2 rings (SSSR count). The molecule has 0 unspecified atom stereocenters. The Hall–Kier alpha value is -2.90. The van der Waals surface area contributed by atoms with Crippen LogP contribution in [0.2, 0.25) is 0 Å². The molecule has 26 heavy (non-hydrogen) atoms. The van der Waals surface area contributed by atoms with E-state index in [1.54, 1.807) is 31.2 Å². The van der Waals surface area contributed by atoms with Crippen molar-refractivity contribution < 1.29 is 14.3 Å². The van der Waals surface area contributed by atoms with Crippen LogP contribution in [0.25, 0.3) is 0 Å². The van der Waals surface area contributed by atoms with Crippen molar-refractivity contribution >= 4 is 17.9 Å². The van der Waals surface area contributed by atoms with Crippen LogP contribution in [0.5, 0.6) is 11.8 Å². The van der Waals surface area contributed by atoms with Crippen molar-refractivity contribution in [3.05, 3.63) is 29.8 Å². The number of aromatic nitrogens is 3. The summed E-state index contributed by atoms with van der Waals surface area (Å²) in [6.07, 6.45) is 0. The molecular formula is C18H25N5O3. The highest BCUT2D eigenvalue weighted by atomic mass is 16.5. The molecule has 0 aliphatic rings. The summed E-state index contributed by atoms with van der Waals surface area (Å²) in [5.74, 6) is 0.829. The van der Waals surface area contributed by atoms with Crippen molar-refractivity contribution in [1.82, 2.24) is 15.0 Å². The standard InChI is InChI=1S/C18H25N5O3/c1-5-19-16-20-17(23(6-2)7-3)22-18(21-16)26-14-12-10-9-11-13(14)15(24)25-8-4/h9-12H,5-8H2,1-4H3,(H,19,20,21,22). The Morgan fingerprint density at radius 2 is 1.81 bits per heavy atom. The molecule has 140 valence electrons. The molecule has 1 heterocycles. The van der Waals surface area contributed by atoms with Crippen LogP contribution in [0.4, 0.5) is 11.9 Å². The molecule has 1 aromatic carbocycles. The lowest BCUT2D eigenvalue weighted by Crippen LogP contribution is -2.25. The summed E-state index contributed by atoms with van der Waals surface area (Å²) >= 11 is 0. The van der Waals surface area contributed by atoms with Gasteiger partial charge in [0.15, 0.2) is 0 Å². The van der Waals surface area contributed by atoms with Gasteiger partial charge >= 0.3 is 12.0 Å². The SMILES string of the molecule is CCNc1nc(Oc2ccccc2C(=O)OCC)nc(N(CC)CC)n1. The topological polar surface area (TPSA) is 89.5 Å². The van der Waals surface area contributed by atoms with E-state index < -0.39 is 5.97 Å². The third-order valence-corrected chi connectivity index (χ3v) is 3.57. The fraction of sp³-hybridized carbons (Fsp3) is 0.444. The minimum atomic E-state index is -0.451. The second-order valence-electron chi connectivity index (χ2n) is 5.26. The van der Waals surface area contributed by atoms with Crippen LogP contribution in [0.1, 0.15) is 38.1 Å². The van der Waals surface area contributed by atoms with Gasteiger partial charge in [0.2, 0.25) is 11.9 Å². The van der Waals surface area contributed by atoms with Gasteiger partial charge in [-0.3, -0.25) is 0 Å². The molecule has 8 heteroatoms. The molecule has 1 aromatic heterocycles. The quantitative estimate of drug-likeness (QED) is 0.683. The maximum Gasteiger partial charge on any atom is 0.341 e. The van der Waals surface area contributed by atoms with Gasteiger partial charge in [0.1, 0.15) is 11.3 Å². The molecule has 1 N–H and O–H groups in total. The van der Waals surface area contributed by atoms with Crippen molar-refractivity contribution in [2.75, 3.05) is 36.5 Å². The number of nitrogens with zero attached hydrogens (tertiary/aromatic N) is 4. The normalized spacial score (nSPS) is 10.3. The molecular weight excluding hydrogens is 334 g/mol. The Balaban J connectivity index is 2.38. The first kappa shape index (κ1) is 19.4. The largest absolute Gasteiger partial charge is 0.462 e. The Bertz CT molecular complexity index is 735. The van der Waals surface area contributed by atoms with E-state index in [1.807, 2.05) is 25.7 Å². The summed E-state index contributed by atoms with van der Waals surface area (Å²) < 4.78 is 10.9. The van der Waals surface area contributed by atoms with Gasteiger partial charge in [-0.25, -0.2) is 4.79 Å². The van der Waals surface area contributed by atoms with E-state index in [9.17, 15) is 4.79 Å². The molecule has 0 saturated carbocycles. The number of carbonyl (C=O) groups excluding carboxylic acids is 1. The van der Waals surface area contributed by atoms with E-state index in [0.29, 0.717) is 29.8 Å². The predicted molar refractivity (Wildman–Crippen MR) is 100 cm³/mol. The first-order chi connectivity index (χ1) is 12.6. The second-order valence-corrected chi connectivity index (χ2v) is 5.26. The summed E-state index contributed by atoms with van der Waals surface area (Å²) in [6.45, 7) is 10.2. The number of hydrogen-bond acceptors (Lipinski definition) is 8. The number of para-hydroxylation sites is 1. The van der Waals surface area contributed by atoms with Gasteiger partial charge in [0, 0.05) is 19.6 Å². The second kappa shape index (κ2) is 9.55. The molecule has 8 nitrogen and oxygen atoms in total. The number of esters is 1. The Morgan fingerprint density at radius 3 is 2.46 bits per heavy atom. The lowest BCUT2D eigenvalue weighted by molar-refractivity contribution is 0.0523. The lowest BCUT2D eigenvalue weighted by Gasteiger charge is -2.19. The number of nitrogens with one attached hydrogen (secondary N) is 1. The molecule has 0 fully saturated rings. The minimum Gasteiger partial charge on any atom is -0.462 e. The average molecular weight is 359 g/mol. The van der Waals surface area contributed by atoms with E-state index in [0.717, 1.165) is 13.1 Å². The predicted octanol–water partition coefficient (Wildman–Crippen LogP) is 3.12.